The molecule has 3 rings (SSSR count). The van der Waals surface area contributed by atoms with Crippen LogP contribution >= 0.6 is 0 Å². The van der Waals surface area contributed by atoms with Crippen molar-refractivity contribution in [2.75, 3.05) is 26.7 Å². The van der Waals surface area contributed by atoms with E-state index in [1.807, 2.05) is 30.3 Å². The number of carbonyl (C=O) groups is 3. The molecule has 6 heteroatoms. The van der Waals surface area contributed by atoms with Crippen LogP contribution in [0, 0.1) is 0 Å². The lowest BCUT2D eigenvalue weighted by molar-refractivity contribution is -0.130. The SMILES string of the molecule is CN(CCOc1ccccc1)C(=O)CCCN1C(=O)c2ccccc2C1=O. The van der Waals surface area contributed by atoms with Gasteiger partial charge in [0.15, 0.2) is 0 Å². The minimum atomic E-state index is -0.285. The molecule has 0 saturated heterocycles. The van der Waals surface area contributed by atoms with Crippen LogP contribution in [0.4, 0.5) is 0 Å². The van der Waals surface area contributed by atoms with Crippen molar-refractivity contribution in [3.8, 4) is 5.75 Å². The van der Waals surface area contributed by atoms with Crippen LogP contribution in [-0.4, -0.2) is 54.3 Å². The lowest BCUT2D eigenvalue weighted by Crippen LogP contribution is -2.33. The Balaban J connectivity index is 1.40. The Morgan fingerprint density at radius 3 is 2.19 bits per heavy atom. The second-order valence-electron chi connectivity index (χ2n) is 6.39. The number of imide groups is 1. The molecular formula is C21H22N2O4. The van der Waals surface area contributed by atoms with E-state index in [9.17, 15) is 14.4 Å². The molecule has 1 aliphatic rings. The molecule has 2 aromatic carbocycles. The van der Waals surface area contributed by atoms with E-state index in [0.717, 1.165) is 5.75 Å². The van der Waals surface area contributed by atoms with E-state index in [-0.39, 0.29) is 30.7 Å². The van der Waals surface area contributed by atoms with Crippen molar-refractivity contribution in [2.45, 2.75) is 12.8 Å². The van der Waals surface area contributed by atoms with Gasteiger partial charge in [-0.05, 0) is 30.7 Å². The Morgan fingerprint density at radius 1 is 0.963 bits per heavy atom. The Labute approximate surface area is 158 Å². The molecule has 0 unspecified atom stereocenters. The highest BCUT2D eigenvalue weighted by molar-refractivity contribution is 6.21. The van der Waals surface area contributed by atoms with Crippen LogP contribution in [0.5, 0.6) is 5.75 Å². The van der Waals surface area contributed by atoms with Crippen molar-refractivity contribution in [3.05, 3.63) is 65.7 Å². The normalized spacial score (nSPS) is 12.9. The number of para-hydroxylation sites is 1. The maximum atomic E-state index is 12.3. The summed E-state index contributed by atoms with van der Waals surface area (Å²) in [6.45, 7) is 1.12. The van der Waals surface area contributed by atoms with Crippen LogP contribution in [0.25, 0.3) is 0 Å². The summed E-state index contributed by atoms with van der Waals surface area (Å²) in [6.07, 6.45) is 0.712. The van der Waals surface area contributed by atoms with Crippen molar-refractivity contribution in [1.82, 2.24) is 9.80 Å². The fraction of sp³-hybridized carbons (Fsp3) is 0.286. The summed E-state index contributed by atoms with van der Waals surface area (Å²) in [7, 11) is 1.72. The molecule has 1 aliphatic heterocycles. The number of benzene rings is 2. The summed E-state index contributed by atoms with van der Waals surface area (Å²) in [5.74, 6) is 0.160. The number of likely N-dealkylation sites (N-methyl/N-ethyl adjacent to an activating group) is 1. The number of rotatable bonds is 8. The molecule has 140 valence electrons. The lowest BCUT2D eigenvalue weighted by Gasteiger charge is -2.18. The van der Waals surface area contributed by atoms with Crippen LogP contribution in [0.3, 0.4) is 0 Å². The van der Waals surface area contributed by atoms with Gasteiger partial charge in [-0.1, -0.05) is 30.3 Å². The summed E-state index contributed by atoms with van der Waals surface area (Å²) in [4.78, 5) is 39.6. The fourth-order valence-corrected chi connectivity index (χ4v) is 2.96. The molecule has 0 aromatic heterocycles. The highest BCUT2D eigenvalue weighted by Crippen LogP contribution is 2.22. The van der Waals surface area contributed by atoms with E-state index in [4.69, 9.17) is 4.74 Å². The maximum Gasteiger partial charge on any atom is 0.261 e. The molecule has 1 heterocycles. The predicted molar refractivity (Wildman–Crippen MR) is 101 cm³/mol. The average molecular weight is 366 g/mol. The van der Waals surface area contributed by atoms with Gasteiger partial charge in [-0.3, -0.25) is 19.3 Å². The molecule has 0 spiro atoms. The minimum Gasteiger partial charge on any atom is -0.492 e. The third kappa shape index (κ3) is 4.34. The number of carbonyl (C=O) groups excluding carboxylic acids is 3. The number of nitrogens with zero attached hydrogens (tertiary/aromatic N) is 2. The molecule has 6 nitrogen and oxygen atoms in total. The first-order valence-corrected chi connectivity index (χ1v) is 8.95. The molecule has 0 fully saturated rings. The van der Waals surface area contributed by atoms with Crippen molar-refractivity contribution >= 4 is 17.7 Å². The molecule has 2 aromatic rings. The summed E-state index contributed by atoms with van der Waals surface area (Å²) < 4.78 is 5.59. The first-order valence-electron chi connectivity index (χ1n) is 8.95. The van der Waals surface area contributed by atoms with E-state index >= 15 is 0 Å². The Hall–Kier alpha value is -3.15. The summed E-state index contributed by atoms with van der Waals surface area (Å²) >= 11 is 0. The predicted octanol–water partition coefficient (Wildman–Crippen LogP) is 2.60. The van der Waals surface area contributed by atoms with Crippen LogP contribution in [0.15, 0.2) is 54.6 Å². The minimum absolute atomic E-state index is 0.0386. The number of hydrogen-bond acceptors (Lipinski definition) is 4. The van der Waals surface area contributed by atoms with Crippen molar-refractivity contribution < 1.29 is 19.1 Å². The van der Waals surface area contributed by atoms with Crippen LogP contribution in [0.1, 0.15) is 33.6 Å². The highest BCUT2D eigenvalue weighted by Gasteiger charge is 2.34. The summed E-state index contributed by atoms with van der Waals surface area (Å²) in [5, 5.41) is 0. The quantitative estimate of drug-likeness (QED) is 0.674. The van der Waals surface area contributed by atoms with Crippen molar-refractivity contribution in [1.29, 1.82) is 0 Å². The van der Waals surface area contributed by atoms with Gasteiger partial charge in [0.2, 0.25) is 5.91 Å². The van der Waals surface area contributed by atoms with Crippen LogP contribution in [0.2, 0.25) is 0 Å². The molecule has 0 saturated carbocycles. The second kappa shape index (κ2) is 8.49. The number of fused-ring (bicyclic) bond motifs is 1. The number of ether oxygens (including phenoxy) is 1. The second-order valence-corrected chi connectivity index (χ2v) is 6.39. The zero-order valence-corrected chi connectivity index (χ0v) is 15.3. The average Bonchev–Trinajstić information content (AvgIpc) is 2.93. The topological polar surface area (TPSA) is 66.9 Å². The molecule has 27 heavy (non-hydrogen) atoms. The Bertz CT molecular complexity index is 800. The van der Waals surface area contributed by atoms with Gasteiger partial charge in [-0.25, -0.2) is 0 Å². The van der Waals surface area contributed by atoms with Crippen molar-refractivity contribution in [3.63, 3.8) is 0 Å². The van der Waals surface area contributed by atoms with Gasteiger partial charge in [0.1, 0.15) is 12.4 Å². The van der Waals surface area contributed by atoms with E-state index in [0.29, 0.717) is 30.7 Å². The number of hydrogen-bond donors (Lipinski definition) is 0. The van der Waals surface area contributed by atoms with Gasteiger partial charge in [0.25, 0.3) is 11.8 Å². The zero-order chi connectivity index (χ0) is 19.2. The van der Waals surface area contributed by atoms with E-state index in [1.54, 1.807) is 36.2 Å². The largest absolute Gasteiger partial charge is 0.492 e. The summed E-state index contributed by atoms with van der Waals surface area (Å²) in [6, 6.07) is 16.2. The molecule has 0 bridgehead atoms. The Kier molecular flexibility index (Phi) is 5.86. The first kappa shape index (κ1) is 18.6. The standard InChI is InChI=1S/C21H22N2O4/c1-22(14-15-27-16-8-3-2-4-9-16)19(24)12-7-13-23-20(25)17-10-5-6-11-18(17)21(23)26/h2-6,8-11H,7,12-15H2,1H3. The zero-order valence-electron chi connectivity index (χ0n) is 15.3. The smallest absolute Gasteiger partial charge is 0.261 e. The maximum absolute atomic E-state index is 12.3. The summed E-state index contributed by atoms with van der Waals surface area (Å²) in [5.41, 5.74) is 0.869. The van der Waals surface area contributed by atoms with Crippen LogP contribution < -0.4 is 4.74 Å². The molecule has 0 aliphatic carbocycles. The molecule has 3 amide bonds. The molecule has 0 atom stereocenters. The monoisotopic (exact) mass is 366 g/mol. The molecule has 0 radical (unpaired) electrons. The fourth-order valence-electron chi connectivity index (χ4n) is 2.96. The lowest BCUT2D eigenvalue weighted by atomic mass is 10.1. The van der Waals surface area contributed by atoms with E-state index in [1.165, 1.54) is 4.90 Å². The molecular weight excluding hydrogens is 344 g/mol. The Morgan fingerprint density at radius 2 is 1.56 bits per heavy atom. The van der Waals surface area contributed by atoms with Gasteiger partial charge in [-0.15, -0.1) is 0 Å². The highest BCUT2D eigenvalue weighted by atomic mass is 16.5. The third-order valence-corrected chi connectivity index (χ3v) is 4.51. The van der Waals surface area contributed by atoms with Gasteiger partial charge >= 0.3 is 0 Å². The first-order chi connectivity index (χ1) is 13.1. The van der Waals surface area contributed by atoms with Crippen LogP contribution in [-0.2, 0) is 4.79 Å². The number of amides is 3. The van der Waals surface area contributed by atoms with Crippen molar-refractivity contribution in [2.24, 2.45) is 0 Å². The van der Waals surface area contributed by atoms with Gasteiger partial charge in [-0.2, -0.15) is 0 Å². The van der Waals surface area contributed by atoms with E-state index < -0.39 is 0 Å². The van der Waals surface area contributed by atoms with Gasteiger partial charge in [0, 0.05) is 20.0 Å². The molecule has 0 N–H and O–H groups in total. The van der Waals surface area contributed by atoms with Gasteiger partial charge < -0.3 is 9.64 Å². The third-order valence-electron chi connectivity index (χ3n) is 4.51. The van der Waals surface area contributed by atoms with E-state index in [2.05, 4.69) is 0 Å². The van der Waals surface area contributed by atoms with Gasteiger partial charge in [0.05, 0.1) is 17.7 Å².